The molecule has 0 amide bonds. The number of aliphatic imine (C=N–C) groups is 1. The van der Waals surface area contributed by atoms with Crippen LogP contribution in [0, 0.1) is 38.7 Å². The largest absolute Gasteiger partial charge is 0.397 e. The van der Waals surface area contributed by atoms with Crippen LogP contribution in [0.4, 0.5) is 27.4 Å². The Morgan fingerprint density at radius 2 is 2.11 bits per heavy atom. The van der Waals surface area contributed by atoms with Crippen LogP contribution in [0.15, 0.2) is 23.2 Å². The average Bonchev–Trinajstić information content (AvgIpc) is 2.61. The quantitative estimate of drug-likeness (QED) is 0.260. The standard InChI is InChI=1S/C15H10FN9O2/c16-8-2-1-6(3-9(8)25(26)27)12-10-11(19)7(4-17)13(20)23-14(10)24-15(22-12)21-5-18/h1-3,12H,(H6,19,20,21,22,23,24). The molecular formula is C15H10FN9O2. The number of aromatic nitrogens is 1. The lowest BCUT2D eigenvalue weighted by atomic mass is 9.95. The van der Waals surface area contributed by atoms with Crippen molar-refractivity contribution in [2.75, 3.05) is 16.8 Å². The third-order valence-electron chi connectivity index (χ3n) is 3.84. The normalized spacial score (nSPS) is 14.8. The fourth-order valence-electron chi connectivity index (χ4n) is 2.66. The highest BCUT2D eigenvalue weighted by Crippen LogP contribution is 2.41. The summed E-state index contributed by atoms with van der Waals surface area (Å²) >= 11 is 0. The van der Waals surface area contributed by atoms with Gasteiger partial charge in [-0.25, -0.2) is 9.98 Å². The predicted octanol–water partition coefficient (Wildman–Crippen LogP) is 1.11. The van der Waals surface area contributed by atoms with Crippen LogP contribution in [0.3, 0.4) is 0 Å². The second-order valence-corrected chi connectivity index (χ2v) is 5.37. The number of nitrogens with one attached hydrogen (secondary N) is 2. The van der Waals surface area contributed by atoms with Crippen LogP contribution in [0.5, 0.6) is 0 Å². The average molecular weight is 367 g/mol. The first-order valence-corrected chi connectivity index (χ1v) is 7.30. The third kappa shape index (κ3) is 2.87. The maximum atomic E-state index is 13.7. The number of pyridine rings is 1. The summed E-state index contributed by atoms with van der Waals surface area (Å²) in [4.78, 5) is 18.5. The summed E-state index contributed by atoms with van der Waals surface area (Å²) in [5, 5.41) is 34.1. The first-order valence-electron chi connectivity index (χ1n) is 7.30. The summed E-state index contributed by atoms with van der Waals surface area (Å²) in [5.74, 6) is -1.05. The number of nitro benzene ring substituents is 1. The molecule has 0 fully saturated rings. The minimum Gasteiger partial charge on any atom is -0.397 e. The van der Waals surface area contributed by atoms with E-state index in [1.54, 1.807) is 6.19 Å². The molecule has 2 aromatic rings. The number of rotatable bonds is 2. The molecule has 3 rings (SSSR count). The zero-order chi connectivity index (χ0) is 19.7. The van der Waals surface area contributed by atoms with Crippen molar-refractivity contribution in [2.45, 2.75) is 6.04 Å². The third-order valence-corrected chi connectivity index (χ3v) is 3.84. The maximum absolute atomic E-state index is 13.7. The van der Waals surface area contributed by atoms with Crippen molar-refractivity contribution in [1.29, 1.82) is 10.5 Å². The molecule has 1 aromatic carbocycles. The number of nitrogens with two attached hydrogens (primary N) is 2. The van der Waals surface area contributed by atoms with E-state index in [-0.39, 0.29) is 40.0 Å². The van der Waals surface area contributed by atoms with Crippen molar-refractivity contribution < 1.29 is 9.31 Å². The van der Waals surface area contributed by atoms with E-state index in [0.717, 1.165) is 12.1 Å². The number of nitrogen functional groups attached to an aromatic ring is 2. The number of nitrogens with zero attached hydrogens (tertiary/aromatic N) is 5. The van der Waals surface area contributed by atoms with E-state index in [1.165, 1.54) is 6.07 Å². The van der Waals surface area contributed by atoms with Crippen molar-refractivity contribution in [3.05, 3.63) is 50.8 Å². The molecule has 11 nitrogen and oxygen atoms in total. The molecule has 0 bridgehead atoms. The number of nitro groups is 1. The molecule has 6 N–H and O–H groups in total. The molecule has 1 aliphatic rings. The highest BCUT2D eigenvalue weighted by Gasteiger charge is 2.31. The highest BCUT2D eigenvalue weighted by atomic mass is 19.1. The fourth-order valence-corrected chi connectivity index (χ4v) is 2.66. The van der Waals surface area contributed by atoms with E-state index >= 15 is 0 Å². The van der Waals surface area contributed by atoms with Gasteiger partial charge in [-0.1, -0.05) is 6.07 Å². The van der Waals surface area contributed by atoms with Gasteiger partial charge in [0, 0.05) is 11.6 Å². The summed E-state index contributed by atoms with van der Waals surface area (Å²) in [6.45, 7) is 0. The van der Waals surface area contributed by atoms with Gasteiger partial charge in [0.25, 0.3) is 0 Å². The van der Waals surface area contributed by atoms with E-state index in [4.69, 9.17) is 16.7 Å². The van der Waals surface area contributed by atoms with Crippen LogP contribution in [-0.4, -0.2) is 15.9 Å². The summed E-state index contributed by atoms with van der Waals surface area (Å²) < 4.78 is 13.7. The molecule has 1 atom stereocenters. The van der Waals surface area contributed by atoms with Crippen molar-refractivity contribution in [3.8, 4) is 12.3 Å². The molecule has 134 valence electrons. The van der Waals surface area contributed by atoms with Crippen molar-refractivity contribution in [2.24, 2.45) is 4.99 Å². The zero-order valence-electron chi connectivity index (χ0n) is 13.4. The minimum atomic E-state index is -1.02. The topological polar surface area (TPSA) is 192 Å². The van der Waals surface area contributed by atoms with E-state index in [9.17, 15) is 19.8 Å². The number of fused-ring (bicyclic) bond motifs is 1. The summed E-state index contributed by atoms with van der Waals surface area (Å²) in [6.07, 6.45) is 1.68. The predicted molar refractivity (Wildman–Crippen MR) is 92.5 cm³/mol. The van der Waals surface area contributed by atoms with Crippen molar-refractivity contribution in [1.82, 2.24) is 10.3 Å². The zero-order valence-corrected chi connectivity index (χ0v) is 13.4. The minimum absolute atomic E-state index is 0.0158. The van der Waals surface area contributed by atoms with Gasteiger partial charge in [-0.15, -0.1) is 0 Å². The van der Waals surface area contributed by atoms with Gasteiger partial charge in [-0.05, 0) is 11.6 Å². The van der Waals surface area contributed by atoms with Crippen LogP contribution in [0.1, 0.15) is 22.7 Å². The van der Waals surface area contributed by atoms with E-state index < -0.39 is 22.5 Å². The van der Waals surface area contributed by atoms with Gasteiger partial charge in [-0.2, -0.15) is 14.9 Å². The first-order chi connectivity index (χ1) is 12.9. The number of nitriles is 2. The molecule has 0 saturated heterocycles. The lowest BCUT2D eigenvalue weighted by Gasteiger charge is -2.26. The molecule has 1 aliphatic heterocycles. The lowest BCUT2D eigenvalue weighted by Crippen LogP contribution is -2.32. The molecule has 0 spiro atoms. The summed E-state index contributed by atoms with van der Waals surface area (Å²) in [6, 6.07) is 4.06. The Hall–Kier alpha value is -4.45. The van der Waals surface area contributed by atoms with Crippen LogP contribution in [-0.2, 0) is 0 Å². The monoisotopic (exact) mass is 367 g/mol. The van der Waals surface area contributed by atoms with Gasteiger partial charge in [0.1, 0.15) is 29.3 Å². The Morgan fingerprint density at radius 3 is 2.74 bits per heavy atom. The summed E-state index contributed by atoms with van der Waals surface area (Å²) in [5.41, 5.74) is 11.4. The Labute approximate surface area is 150 Å². The molecule has 1 aromatic heterocycles. The summed E-state index contributed by atoms with van der Waals surface area (Å²) in [7, 11) is 0. The SMILES string of the molecule is N#CNC1=NC(c2ccc(F)c([N+](=O)[O-])c2)c2c(nc(N)c(C#N)c2N)N1. The second kappa shape index (κ2) is 6.45. The van der Waals surface area contributed by atoms with Gasteiger partial charge in [0.2, 0.25) is 11.8 Å². The second-order valence-electron chi connectivity index (χ2n) is 5.37. The Bertz CT molecular complexity index is 1080. The molecular weight excluding hydrogens is 357 g/mol. The van der Waals surface area contributed by atoms with Crippen molar-refractivity contribution >= 4 is 29.0 Å². The smallest absolute Gasteiger partial charge is 0.305 e. The molecule has 12 heteroatoms. The molecule has 0 saturated carbocycles. The van der Waals surface area contributed by atoms with Crippen molar-refractivity contribution in [3.63, 3.8) is 0 Å². The number of benzene rings is 1. The van der Waals surface area contributed by atoms with Gasteiger partial charge in [-0.3, -0.25) is 15.4 Å². The van der Waals surface area contributed by atoms with Gasteiger partial charge in [0.15, 0.2) is 6.19 Å². The number of anilines is 3. The number of halogens is 1. The van der Waals surface area contributed by atoms with E-state index in [0.29, 0.717) is 0 Å². The van der Waals surface area contributed by atoms with Crippen LogP contribution >= 0.6 is 0 Å². The Morgan fingerprint density at radius 1 is 1.37 bits per heavy atom. The highest BCUT2D eigenvalue weighted by molar-refractivity contribution is 5.98. The molecule has 0 aliphatic carbocycles. The Kier molecular flexibility index (Phi) is 4.15. The van der Waals surface area contributed by atoms with Crippen LogP contribution in [0.2, 0.25) is 0 Å². The fraction of sp³-hybridized carbons (Fsp3) is 0.0667. The number of hydrogen-bond donors (Lipinski definition) is 4. The van der Waals surface area contributed by atoms with E-state index in [1.807, 2.05) is 6.07 Å². The first kappa shape index (κ1) is 17.4. The Balaban J connectivity index is 2.27. The number of hydrogen-bond acceptors (Lipinski definition) is 10. The molecule has 2 heterocycles. The van der Waals surface area contributed by atoms with E-state index in [2.05, 4.69) is 20.6 Å². The molecule has 1 unspecified atom stereocenters. The number of guanidine groups is 1. The molecule has 27 heavy (non-hydrogen) atoms. The maximum Gasteiger partial charge on any atom is 0.305 e. The van der Waals surface area contributed by atoms with Gasteiger partial charge in [0.05, 0.1) is 10.6 Å². The lowest BCUT2D eigenvalue weighted by molar-refractivity contribution is -0.387. The molecule has 0 radical (unpaired) electrons. The van der Waals surface area contributed by atoms with Gasteiger partial charge < -0.3 is 16.8 Å². The van der Waals surface area contributed by atoms with Crippen LogP contribution < -0.4 is 22.1 Å². The van der Waals surface area contributed by atoms with Gasteiger partial charge >= 0.3 is 5.69 Å². The van der Waals surface area contributed by atoms with Crippen LogP contribution in [0.25, 0.3) is 0 Å².